The lowest BCUT2D eigenvalue weighted by atomic mass is 10.1. The van der Waals surface area contributed by atoms with E-state index in [4.69, 9.17) is 4.74 Å². The molecule has 1 aromatic rings. The Morgan fingerprint density at radius 3 is 2.53 bits per heavy atom. The van der Waals surface area contributed by atoms with Crippen LogP contribution in [0.5, 0.6) is 0 Å². The third-order valence-corrected chi connectivity index (χ3v) is 3.60. The monoisotopic (exact) mass is 225 g/mol. The van der Waals surface area contributed by atoms with Crippen LogP contribution in [0.3, 0.4) is 0 Å². The summed E-state index contributed by atoms with van der Waals surface area (Å²) >= 11 is 1.86. The molecule has 1 atom stereocenters. The molecule has 3 heteroatoms. The molecule has 0 saturated carbocycles. The van der Waals surface area contributed by atoms with Crippen LogP contribution in [0.1, 0.15) is 30.4 Å². The molecule has 0 aliphatic carbocycles. The van der Waals surface area contributed by atoms with E-state index in [1.807, 2.05) is 18.0 Å². The number of methoxy groups -OCH3 is 1. The van der Waals surface area contributed by atoms with Gasteiger partial charge in [0.1, 0.15) is 0 Å². The van der Waals surface area contributed by atoms with Crippen molar-refractivity contribution in [2.75, 3.05) is 13.4 Å². The second-order valence-electron chi connectivity index (χ2n) is 3.92. The van der Waals surface area contributed by atoms with Gasteiger partial charge in [0, 0.05) is 18.6 Å². The molecule has 15 heavy (non-hydrogen) atoms. The average molecular weight is 225 g/mol. The lowest BCUT2D eigenvalue weighted by molar-refractivity contribution is 0.184. The highest BCUT2D eigenvalue weighted by Gasteiger charge is 2.15. The van der Waals surface area contributed by atoms with Crippen LogP contribution in [-0.4, -0.2) is 18.3 Å². The van der Waals surface area contributed by atoms with Gasteiger partial charge in [-0.3, -0.25) is 4.98 Å². The van der Waals surface area contributed by atoms with Crippen molar-refractivity contribution in [1.29, 1.82) is 0 Å². The summed E-state index contributed by atoms with van der Waals surface area (Å²) in [6, 6.07) is 4.20. The summed E-state index contributed by atoms with van der Waals surface area (Å²) in [6.45, 7) is 5.09. The first kappa shape index (κ1) is 12.5. The fraction of sp³-hybridized carbons (Fsp3) is 0.583. The Morgan fingerprint density at radius 2 is 2.13 bits per heavy atom. The standard InChI is InChI=1S/C12H19NOS/c1-9(2)12(15-4)11-6-5-10(7-13-11)8-14-3/h5-7,9,12H,8H2,1-4H3. The number of hydrogen-bond acceptors (Lipinski definition) is 3. The molecule has 1 rings (SSSR count). The molecule has 1 unspecified atom stereocenters. The number of nitrogens with zero attached hydrogens (tertiary/aromatic N) is 1. The Bertz CT molecular complexity index is 284. The number of hydrogen-bond donors (Lipinski definition) is 0. The SMILES string of the molecule is COCc1ccc(C(SC)C(C)C)nc1. The van der Waals surface area contributed by atoms with Crippen molar-refractivity contribution in [2.24, 2.45) is 5.92 Å². The Hall–Kier alpha value is -0.540. The van der Waals surface area contributed by atoms with Gasteiger partial charge in [-0.2, -0.15) is 11.8 Å². The van der Waals surface area contributed by atoms with Crippen LogP contribution in [0.25, 0.3) is 0 Å². The van der Waals surface area contributed by atoms with E-state index in [2.05, 4.69) is 37.2 Å². The second-order valence-corrected chi connectivity index (χ2v) is 4.90. The lowest BCUT2D eigenvalue weighted by Gasteiger charge is -2.17. The minimum Gasteiger partial charge on any atom is -0.380 e. The van der Waals surface area contributed by atoms with E-state index >= 15 is 0 Å². The van der Waals surface area contributed by atoms with Crippen molar-refractivity contribution < 1.29 is 4.74 Å². The van der Waals surface area contributed by atoms with Crippen LogP contribution >= 0.6 is 11.8 Å². The largest absolute Gasteiger partial charge is 0.380 e. The maximum atomic E-state index is 5.06. The second kappa shape index (κ2) is 6.13. The summed E-state index contributed by atoms with van der Waals surface area (Å²) in [5.74, 6) is 0.612. The van der Waals surface area contributed by atoms with E-state index in [0.29, 0.717) is 17.8 Å². The van der Waals surface area contributed by atoms with E-state index in [9.17, 15) is 0 Å². The molecule has 0 spiro atoms. The van der Waals surface area contributed by atoms with Crippen molar-refractivity contribution in [1.82, 2.24) is 4.98 Å². The zero-order valence-corrected chi connectivity index (χ0v) is 10.7. The van der Waals surface area contributed by atoms with E-state index in [1.54, 1.807) is 7.11 Å². The molecule has 0 aliphatic heterocycles. The van der Waals surface area contributed by atoms with Crippen molar-refractivity contribution in [3.63, 3.8) is 0 Å². The van der Waals surface area contributed by atoms with E-state index in [-0.39, 0.29) is 0 Å². The molecule has 0 fully saturated rings. The number of pyridine rings is 1. The number of ether oxygens (including phenoxy) is 1. The van der Waals surface area contributed by atoms with Gasteiger partial charge >= 0.3 is 0 Å². The molecule has 0 amide bonds. The first-order valence-electron chi connectivity index (χ1n) is 5.15. The van der Waals surface area contributed by atoms with Crippen LogP contribution < -0.4 is 0 Å². The topological polar surface area (TPSA) is 22.1 Å². The fourth-order valence-electron chi connectivity index (χ4n) is 1.59. The molecule has 0 bridgehead atoms. The molecular formula is C12H19NOS. The van der Waals surface area contributed by atoms with Gasteiger partial charge in [-0.15, -0.1) is 0 Å². The summed E-state index contributed by atoms with van der Waals surface area (Å²) in [5, 5.41) is 0.488. The molecule has 84 valence electrons. The normalized spacial score (nSPS) is 13.1. The number of aromatic nitrogens is 1. The third-order valence-electron chi connectivity index (χ3n) is 2.31. The summed E-state index contributed by atoms with van der Waals surface area (Å²) in [4.78, 5) is 4.49. The molecule has 0 N–H and O–H groups in total. The predicted molar refractivity (Wildman–Crippen MR) is 66.0 cm³/mol. The Labute approximate surface area is 96.4 Å². The molecule has 0 aromatic carbocycles. The molecule has 0 aliphatic rings. The van der Waals surface area contributed by atoms with Crippen molar-refractivity contribution >= 4 is 11.8 Å². The van der Waals surface area contributed by atoms with Gasteiger partial charge in [0.15, 0.2) is 0 Å². The van der Waals surface area contributed by atoms with Crippen LogP contribution in [0.15, 0.2) is 18.3 Å². The maximum Gasteiger partial charge on any atom is 0.0728 e. The van der Waals surface area contributed by atoms with Gasteiger partial charge in [-0.05, 0) is 23.8 Å². The highest BCUT2D eigenvalue weighted by atomic mass is 32.2. The summed E-state index contributed by atoms with van der Waals surface area (Å²) in [7, 11) is 1.70. The van der Waals surface area contributed by atoms with Gasteiger partial charge < -0.3 is 4.74 Å². The summed E-state index contributed by atoms with van der Waals surface area (Å²) in [6.07, 6.45) is 4.04. The van der Waals surface area contributed by atoms with Crippen molar-refractivity contribution in [3.8, 4) is 0 Å². The Kier molecular flexibility index (Phi) is 5.12. The third kappa shape index (κ3) is 3.50. The first-order valence-corrected chi connectivity index (χ1v) is 6.44. The quantitative estimate of drug-likeness (QED) is 0.767. The molecule has 0 radical (unpaired) electrons. The first-order chi connectivity index (χ1) is 7.19. The summed E-state index contributed by atoms with van der Waals surface area (Å²) < 4.78 is 5.06. The minimum absolute atomic E-state index is 0.488. The van der Waals surface area contributed by atoms with Gasteiger partial charge in [0.2, 0.25) is 0 Å². The predicted octanol–water partition coefficient (Wildman–Crippen LogP) is 3.29. The Morgan fingerprint density at radius 1 is 1.40 bits per heavy atom. The lowest BCUT2D eigenvalue weighted by Crippen LogP contribution is -2.04. The highest BCUT2D eigenvalue weighted by molar-refractivity contribution is 7.98. The summed E-state index contributed by atoms with van der Waals surface area (Å²) in [5.41, 5.74) is 2.29. The minimum atomic E-state index is 0.488. The smallest absolute Gasteiger partial charge is 0.0728 e. The molecular weight excluding hydrogens is 206 g/mol. The van der Waals surface area contributed by atoms with Gasteiger partial charge in [-0.1, -0.05) is 19.9 Å². The van der Waals surface area contributed by atoms with Gasteiger partial charge in [0.05, 0.1) is 12.3 Å². The van der Waals surface area contributed by atoms with Crippen LogP contribution in [0.4, 0.5) is 0 Å². The van der Waals surface area contributed by atoms with Crippen LogP contribution in [-0.2, 0) is 11.3 Å². The molecule has 0 saturated heterocycles. The molecule has 2 nitrogen and oxygen atoms in total. The molecule has 1 heterocycles. The van der Waals surface area contributed by atoms with Crippen molar-refractivity contribution in [3.05, 3.63) is 29.6 Å². The number of thioether (sulfide) groups is 1. The zero-order chi connectivity index (χ0) is 11.3. The van der Waals surface area contributed by atoms with Gasteiger partial charge in [-0.25, -0.2) is 0 Å². The van der Waals surface area contributed by atoms with E-state index < -0.39 is 0 Å². The Balaban J connectivity index is 2.77. The fourth-order valence-corrected chi connectivity index (χ4v) is 2.52. The number of rotatable bonds is 5. The van der Waals surface area contributed by atoms with Crippen LogP contribution in [0, 0.1) is 5.92 Å². The zero-order valence-electron chi connectivity index (χ0n) is 9.86. The van der Waals surface area contributed by atoms with Crippen LogP contribution in [0.2, 0.25) is 0 Å². The average Bonchev–Trinajstić information content (AvgIpc) is 2.21. The highest BCUT2D eigenvalue weighted by Crippen LogP contribution is 2.32. The van der Waals surface area contributed by atoms with Gasteiger partial charge in [0.25, 0.3) is 0 Å². The molecule has 1 aromatic heterocycles. The van der Waals surface area contributed by atoms with E-state index in [1.165, 1.54) is 0 Å². The van der Waals surface area contributed by atoms with E-state index in [0.717, 1.165) is 11.3 Å². The van der Waals surface area contributed by atoms with Crippen molar-refractivity contribution in [2.45, 2.75) is 25.7 Å². The maximum absolute atomic E-state index is 5.06.